The third-order valence-electron chi connectivity index (χ3n) is 4.24. The summed E-state index contributed by atoms with van der Waals surface area (Å²) >= 11 is 0. The first kappa shape index (κ1) is 16.6. The summed E-state index contributed by atoms with van der Waals surface area (Å²) in [5, 5.41) is 9.44. The average Bonchev–Trinajstić information content (AvgIpc) is 3.01. The fourth-order valence-corrected chi connectivity index (χ4v) is 2.89. The van der Waals surface area contributed by atoms with Crippen LogP contribution >= 0.6 is 0 Å². The molecule has 0 saturated heterocycles. The van der Waals surface area contributed by atoms with Crippen molar-refractivity contribution < 1.29 is 9.90 Å². The van der Waals surface area contributed by atoms with E-state index < -0.39 is 0 Å². The van der Waals surface area contributed by atoms with E-state index in [0.29, 0.717) is 22.9 Å². The molecule has 3 N–H and O–H groups in total. The molecule has 1 heterocycles. The van der Waals surface area contributed by atoms with Gasteiger partial charge in [-0.1, -0.05) is 42.5 Å². The van der Waals surface area contributed by atoms with Gasteiger partial charge in [0.2, 0.25) is 0 Å². The topological polar surface area (TPSA) is 78.9 Å². The van der Waals surface area contributed by atoms with E-state index in [4.69, 9.17) is 5.73 Å². The van der Waals surface area contributed by atoms with E-state index in [1.54, 1.807) is 59.5 Å². The summed E-state index contributed by atoms with van der Waals surface area (Å²) in [6.45, 7) is 0. The number of nitrogens with zero attached hydrogens (tertiary/aromatic N) is 2. The van der Waals surface area contributed by atoms with Crippen molar-refractivity contribution in [2.24, 2.45) is 4.99 Å². The Morgan fingerprint density at radius 1 is 0.889 bits per heavy atom. The number of anilines is 2. The van der Waals surface area contributed by atoms with Crippen LogP contribution in [-0.2, 0) is 4.79 Å². The van der Waals surface area contributed by atoms with E-state index in [1.165, 1.54) is 0 Å². The van der Waals surface area contributed by atoms with E-state index in [-0.39, 0.29) is 11.7 Å². The summed E-state index contributed by atoms with van der Waals surface area (Å²) < 4.78 is 0. The Labute approximate surface area is 156 Å². The first-order valence-corrected chi connectivity index (χ1v) is 8.47. The molecule has 0 radical (unpaired) electrons. The highest BCUT2D eigenvalue weighted by molar-refractivity contribution is 6.33. The van der Waals surface area contributed by atoms with Gasteiger partial charge >= 0.3 is 0 Å². The number of phenolic OH excluding ortho intramolecular Hbond substituents is 1. The number of benzene rings is 3. The summed E-state index contributed by atoms with van der Waals surface area (Å²) in [7, 11) is 0. The van der Waals surface area contributed by atoms with Crippen LogP contribution in [0.25, 0.3) is 6.08 Å². The Morgan fingerprint density at radius 2 is 1.56 bits per heavy atom. The number of nitrogen functional groups attached to an aromatic ring is 1. The molecule has 1 aliphatic rings. The number of carbonyl (C=O) groups is 1. The molecular weight excluding hydrogens is 338 g/mol. The van der Waals surface area contributed by atoms with Crippen molar-refractivity contribution in [2.75, 3.05) is 10.6 Å². The molecule has 27 heavy (non-hydrogen) atoms. The van der Waals surface area contributed by atoms with Crippen molar-refractivity contribution in [3.05, 3.63) is 95.7 Å². The van der Waals surface area contributed by atoms with Crippen LogP contribution in [0.1, 0.15) is 11.1 Å². The van der Waals surface area contributed by atoms with Gasteiger partial charge < -0.3 is 10.8 Å². The zero-order valence-corrected chi connectivity index (χ0v) is 14.4. The van der Waals surface area contributed by atoms with Crippen molar-refractivity contribution in [1.29, 1.82) is 0 Å². The number of phenols is 1. The standard InChI is InChI=1S/C22H17N3O2/c23-17-8-10-18(11-9-17)25-21(16-4-2-1-3-5-16)24-20(22(25)27)14-15-6-12-19(26)13-7-15/h1-14,26H,23H2/b20-14-. The molecule has 0 bridgehead atoms. The number of carbonyl (C=O) groups excluding carboxylic acids is 1. The molecule has 4 rings (SSSR count). The summed E-state index contributed by atoms with van der Waals surface area (Å²) in [5.74, 6) is 0.522. The third kappa shape index (κ3) is 3.30. The van der Waals surface area contributed by atoms with Crippen LogP contribution < -0.4 is 10.6 Å². The predicted octanol–water partition coefficient (Wildman–Crippen LogP) is 3.81. The van der Waals surface area contributed by atoms with Gasteiger partial charge in [-0.3, -0.25) is 9.69 Å². The van der Waals surface area contributed by atoms with Gasteiger partial charge in [0.05, 0.1) is 5.69 Å². The molecule has 0 unspecified atom stereocenters. The number of aliphatic imine (C=N–C) groups is 1. The maximum atomic E-state index is 13.1. The molecule has 0 fully saturated rings. The molecule has 3 aromatic carbocycles. The van der Waals surface area contributed by atoms with Gasteiger partial charge in [-0.2, -0.15) is 0 Å². The molecular formula is C22H17N3O2. The second-order valence-corrected chi connectivity index (χ2v) is 6.15. The normalized spacial score (nSPS) is 15.3. The first-order valence-electron chi connectivity index (χ1n) is 8.47. The molecule has 5 nitrogen and oxygen atoms in total. The van der Waals surface area contributed by atoms with Gasteiger partial charge in [0.1, 0.15) is 17.3 Å². The molecule has 1 amide bonds. The molecule has 5 heteroatoms. The number of rotatable bonds is 3. The minimum atomic E-state index is -0.216. The molecule has 3 aromatic rings. The fourth-order valence-electron chi connectivity index (χ4n) is 2.89. The van der Waals surface area contributed by atoms with E-state index in [1.807, 2.05) is 30.3 Å². The SMILES string of the molecule is Nc1ccc(N2C(=O)/C(=C/c3ccc(O)cc3)N=C2c2ccccc2)cc1. The highest BCUT2D eigenvalue weighted by Gasteiger charge is 2.32. The van der Waals surface area contributed by atoms with Crippen LogP contribution in [0.4, 0.5) is 11.4 Å². The average molecular weight is 355 g/mol. The second-order valence-electron chi connectivity index (χ2n) is 6.15. The monoisotopic (exact) mass is 355 g/mol. The van der Waals surface area contributed by atoms with Gasteiger partial charge in [0.15, 0.2) is 0 Å². The number of hydrogen-bond acceptors (Lipinski definition) is 4. The summed E-state index contributed by atoms with van der Waals surface area (Å²) in [5.41, 5.74) is 9.07. The largest absolute Gasteiger partial charge is 0.508 e. The Balaban J connectivity index is 1.80. The summed E-state index contributed by atoms with van der Waals surface area (Å²) in [6.07, 6.45) is 1.71. The van der Waals surface area contributed by atoms with Crippen molar-refractivity contribution in [1.82, 2.24) is 0 Å². The summed E-state index contributed by atoms with van der Waals surface area (Å²) in [4.78, 5) is 19.3. The van der Waals surface area contributed by atoms with Crippen LogP contribution in [0.3, 0.4) is 0 Å². The predicted molar refractivity (Wildman–Crippen MR) is 107 cm³/mol. The van der Waals surface area contributed by atoms with Crippen molar-refractivity contribution in [3.63, 3.8) is 0 Å². The van der Waals surface area contributed by atoms with E-state index in [2.05, 4.69) is 4.99 Å². The van der Waals surface area contributed by atoms with Crippen LogP contribution in [0.2, 0.25) is 0 Å². The van der Waals surface area contributed by atoms with Crippen LogP contribution in [0.15, 0.2) is 89.6 Å². The fraction of sp³-hybridized carbons (Fsp3) is 0. The molecule has 0 aliphatic carbocycles. The van der Waals surface area contributed by atoms with E-state index in [9.17, 15) is 9.90 Å². The third-order valence-corrected chi connectivity index (χ3v) is 4.24. The Bertz CT molecular complexity index is 1040. The first-order chi connectivity index (χ1) is 13.1. The highest BCUT2D eigenvalue weighted by atomic mass is 16.3. The lowest BCUT2D eigenvalue weighted by molar-refractivity contribution is -0.113. The minimum Gasteiger partial charge on any atom is -0.508 e. The van der Waals surface area contributed by atoms with E-state index in [0.717, 1.165) is 11.1 Å². The van der Waals surface area contributed by atoms with Gasteiger partial charge in [-0.15, -0.1) is 0 Å². The number of aromatic hydroxyl groups is 1. The second kappa shape index (κ2) is 6.80. The van der Waals surface area contributed by atoms with Gasteiger partial charge in [-0.25, -0.2) is 4.99 Å². The number of nitrogens with two attached hydrogens (primary N) is 1. The minimum absolute atomic E-state index is 0.173. The molecule has 132 valence electrons. The maximum absolute atomic E-state index is 13.1. The zero-order valence-electron chi connectivity index (χ0n) is 14.4. The molecule has 0 saturated carbocycles. The van der Waals surface area contributed by atoms with Crippen molar-refractivity contribution in [2.45, 2.75) is 0 Å². The smallest absolute Gasteiger partial charge is 0.282 e. The molecule has 1 aliphatic heterocycles. The summed E-state index contributed by atoms with van der Waals surface area (Å²) in [6, 6.07) is 23.3. The van der Waals surface area contributed by atoms with Crippen molar-refractivity contribution in [3.8, 4) is 5.75 Å². The van der Waals surface area contributed by atoms with Crippen LogP contribution in [-0.4, -0.2) is 16.8 Å². The Morgan fingerprint density at radius 3 is 2.22 bits per heavy atom. The number of amides is 1. The zero-order chi connectivity index (χ0) is 18.8. The number of hydrogen-bond donors (Lipinski definition) is 2. The lowest BCUT2D eigenvalue weighted by Gasteiger charge is -2.18. The number of amidine groups is 1. The highest BCUT2D eigenvalue weighted by Crippen LogP contribution is 2.28. The lowest BCUT2D eigenvalue weighted by atomic mass is 10.1. The maximum Gasteiger partial charge on any atom is 0.282 e. The van der Waals surface area contributed by atoms with Crippen molar-refractivity contribution >= 4 is 29.2 Å². The quantitative estimate of drug-likeness (QED) is 0.554. The van der Waals surface area contributed by atoms with Gasteiger partial charge in [-0.05, 0) is 48.0 Å². The van der Waals surface area contributed by atoms with Crippen LogP contribution in [0.5, 0.6) is 5.75 Å². The lowest BCUT2D eigenvalue weighted by Crippen LogP contribution is -2.32. The van der Waals surface area contributed by atoms with Crippen LogP contribution in [0, 0.1) is 0 Å². The molecule has 0 spiro atoms. The van der Waals surface area contributed by atoms with Gasteiger partial charge in [0.25, 0.3) is 5.91 Å². The Kier molecular flexibility index (Phi) is 4.18. The Hall–Kier alpha value is -3.86. The van der Waals surface area contributed by atoms with E-state index >= 15 is 0 Å². The molecule has 0 atom stereocenters. The van der Waals surface area contributed by atoms with Gasteiger partial charge in [0, 0.05) is 11.3 Å². The molecule has 0 aromatic heterocycles.